The van der Waals surface area contributed by atoms with E-state index in [-0.39, 0.29) is 0 Å². The first-order chi connectivity index (χ1) is 7.18. The first kappa shape index (κ1) is 17.4. The molecule has 94 valence electrons. The maximum atomic E-state index is 2.31. The van der Waals surface area contributed by atoms with Gasteiger partial charge in [0.1, 0.15) is 0 Å². The molecule has 0 fully saturated rings. The SMILES string of the molecule is CCCC.CCCCCCCCC(C)C. The molecule has 0 saturated heterocycles. The van der Waals surface area contributed by atoms with Crippen molar-refractivity contribution < 1.29 is 0 Å². The molecule has 0 rings (SSSR count). The Morgan fingerprint density at radius 3 is 1.47 bits per heavy atom. The molecule has 0 bridgehead atoms. The minimum atomic E-state index is 0.904. The molecule has 0 unspecified atom stereocenters. The van der Waals surface area contributed by atoms with Crippen LogP contribution in [0.4, 0.5) is 0 Å². The summed E-state index contributed by atoms with van der Waals surface area (Å²) in [5.74, 6) is 0.904. The number of unbranched alkanes of at least 4 members (excludes halogenated alkanes) is 6. The lowest BCUT2D eigenvalue weighted by molar-refractivity contribution is 0.514. The topological polar surface area (TPSA) is 0 Å². The van der Waals surface area contributed by atoms with E-state index in [0.717, 1.165) is 5.92 Å². The maximum absolute atomic E-state index is 2.31. The van der Waals surface area contributed by atoms with Gasteiger partial charge in [0, 0.05) is 0 Å². The number of rotatable bonds is 8. The van der Waals surface area contributed by atoms with Crippen molar-refractivity contribution in [2.75, 3.05) is 0 Å². The quantitative estimate of drug-likeness (QED) is 0.422. The van der Waals surface area contributed by atoms with E-state index >= 15 is 0 Å². The van der Waals surface area contributed by atoms with Crippen molar-refractivity contribution in [3.8, 4) is 0 Å². The highest BCUT2D eigenvalue weighted by molar-refractivity contribution is 4.47. The van der Waals surface area contributed by atoms with Gasteiger partial charge in [-0.15, -0.1) is 0 Å². The van der Waals surface area contributed by atoms with Crippen LogP contribution in [-0.2, 0) is 0 Å². The van der Waals surface area contributed by atoms with Crippen molar-refractivity contribution in [3.63, 3.8) is 0 Å². The summed E-state index contributed by atoms with van der Waals surface area (Å²) in [6.07, 6.45) is 12.7. The van der Waals surface area contributed by atoms with Gasteiger partial charge in [0.05, 0.1) is 0 Å². The minimum Gasteiger partial charge on any atom is -0.0654 e. The minimum absolute atomic E-state index is 0.904. The van der Waals surface area contributed by atoms with Crippen LogP contribution < -0.4 is 0 Å². The van der Waals surface area contributed by atoms with Crippen molar-refractivity contribution in [3.05, 3.63) is 0 Å². The molecule has 0 aliphatic carbocycles. The zero-order valence-electron chi connectivity index (χ0n) is 11.9. The van der Waals surface area contributed by atoms with Crippen LogP contribution in [0.25, 0.3) is 0 Å². The third-order valence-corrected chi connectivity index (χ3v) is 2.64. The standard InChI is InChI=1S/C11H24.C4H10/c1-4-5-6-7-8-9-10-11(2)3;1-3-4-2/h11H,4-10H2,1-3H3;3-4H2,1-2H3. The Bertz CT molecular complexity index is 82.0. The second kappa shape index (κ2) is 16.4. The Balaban J connectivity index is 0. The molecule has 0 nitrogen and oxygen atoms in total. The molecule has 0 amide bonds. The van der Waals surface area contributed by atoms with Gasteiger partial charge in [-0.05, 0) is 5.92 Å². The van der Waals surface area contributed by atoms with Crippen molar-refractivity contribution in [1.82, 2.24) is 0 Å². The third-order valence-electron chi connectivity index (χ3n) is 2.64. The average molecular weight is 214 g/mol. The van der Waals surface area contributed by atoms with Gasteiger partial charge in [-0.3, -0.25) is 0 Å². The van der Waals surface area contributed by atoms with E-state index in [1.165, 1.54) is 57.8 Å². The number of hydrogen-bond acceptors (Lipinski definition) is 0. The molecule has 0 aromatic rings. The highest BCUT2D eigenvalue weighted by Crippen LogP contribution is 2.10. The monoisotopic (exact) mass is 214 g/mol. The summed E-state index contributed by atoms with van der Waals surface area (Å²) in [5.41, 5.74) is 0. The Hall–Kier alpha value is 0. The second-order valence-corrected chi connectivity index (χ2v) is 4.95. The van der Waals surface area contributed by atoms with Gasteiger partial charge in [0.2, 0.25) is 0 Å². The van der Waals surface area contributed by atoms with E-state index in [1.54, 1.807) is 0 Å². The van der Waals surface area contributed by atoms with Crippen LogP contribution in [0.15, 0.2) is 0 Å². The van der Waals surface area contributed by atoms with Crippen molar-refractivity contribution in [1.29, 1.82) is 0 Å². The summed E-state index contributed by atoms with van der Waals surface area (Å²) in [7, 11) is 0. The largest absolute Gasteiger partial charge is 0.0654 e. The Morgan fingerprint density at radius 1 is 0.600 bits per heavy atom. The van der Waals surface area contributed by atoms with Crippen LogP contribution in [0.5, 0.6) is 0 Å². The molecule has 0 heteroatoms. The van der Waals surface area contributed by atoms with Crippen molar-refractivity contribution in [2.45, 2.75) is 92.4 Å². The fraction of sp³-hybridized carbons (Fsp3) is 1.00. The highest BCUT2D eigenvalue weighted by atomic mass is 14.0. The summed E-state index contributed by atoms with van der Waals surface area (Å²) in [4.78, 5) is 0. The predicted molar refractivity (Wildman–Crippen MR) is 73.4 cm³/mol. The normalized spacial score (nSPS) is 10.0. The molecule has 0 spiro atoms. The first-order valence-corrected chi connectivity index (χ1v) is 7.18. The molecule has 0 saturated carbocycles. The first-order valence-electron chi connectivity index (χ1n) is 7.18. The fourth-order valence-electron chi connectivity index (χ4n) is 1.33. The van der Waals surface area contributed by atoms with E-state index in [2.05, 4.69) is 34.6 Å². The lowest BCUT2D eigenvalue weighted by atomic mass is 10.0. The highest BCUT2D eigenvalue weighted by Gasteiger charge is 1.93. The van der Waals surface area contributed by atoms with E-state index < -0.39 is 0 Å². The van der Waals surface area contributed by atoms with Gasteiger partial charge < -0.3 is 0 Å². The maximum Gasteiger partial charge on any atom is -0.0471 e. The van der Waals surface area contributed by atoms with Crippen LogP contribution in [0.2, 0.25) is 0 Å². The van der Waals surface area contributed by atoms with Crippen LogP contribution in [0.1, 0.15) is 92.4 Å². The molecule has 0 aliphatic rings. The summed E-state index contributed by atoms with van der Waals surface area (Å²) in [6.45, 7) is 11.3. The molecule has 0 heterocycles. The Morgan fingerprint density at radius 2 is 1.07 bits per heavy atom. The van der Waals surface area contributed by atoms with Crippen molar-refractivity contribution in [2.24, 2.45) is 5.92 Å². The number of hydrogen-bond donors (Lipinski definition) is 0. The lowest BCUT2D eigenvalue weighted by Crippen LogP contribution is -1.86. The van der Waals surface area contributed by atoms with Gasteiger partial charge in [-0.25, -0.2) is 0 Å². The molecular formula is C15H34. The summed E-state index contributed by atoms with van der Waals surface area (Å²) in [5, 5.41) is 0. The fourth-order valence-corrected chi connectivity index (χ4v) is 1.33. The summed E-state index contributed by atoms with van der Waals surface area (Å²) >= 11 is 0. The van der Waals surface area contributed by atoms with Gasteiger partial charge >= 0.3 is 0 Å². The Labute approximate surface area is 98.9 Å². The molecule has 0 radical (unpaired) electrons. The smallest absolute Gasteiger partial charge is 0.0471 e. The lowest BCUT2D eigenvalue weighted by Gasteiger charge is -2.03. The molecule has 0 aliphatic heterocycles. The predicted octanol–water partition coefficient (Wildman–Crippen LogP) is 6.20. The molecular weight excluding hydrogens is 180 g/mol. The van der Waals surface area contributed by atoms with Gasteiger partial charge in [-0.2, -0.15) is 0 Å². The third kappa shape index (κ3) is 24.9. The molecule has 0 atom stereocenters. The molecule has 0 aromatic heterocycles. The van der Waals surface area contributed by atoms with Gasteiger partial charge in [-0.1, -0.05) is 92.4 Å². The van der Waals surface area contributed by atoms with E-state index in [4.69, 9.17) is 0 Å². The second-order valence-electron chi connectivity index (χ2n) is 4.95. The van der Waals surface area contributed by atoms with Gasteiger partial charge in [0.15, 0.2) is 0 Å². The van der Waals surface area contributed by atoms with E-state index in [1.807, 2.05) is 0 Å². The van der Waals surface area contributed by atoms with E-state index in [9.17, 15) is 0 Å². The zero-order chi connectivity index (χ0) is 11.9. The van der Waals surface area contributed by atoms with Crippen molar-refractivity contribution >= 4 is 0 Å². The molecule has 0 N–H and O–H groups in total. The van der Waals surface area contributed by atoms with Crippen LogP contribution >= 0.6 is 0 Å². The van der Waals surface area contributed by atoms with Gasteiger partial charge in [0.25, 0.3) is 0 Å². The average Bonchev–Trinajstić information content (AvgIpc) is 2.23. The Kier molecular flexibility index (Phi) is 19.1. The zero-order valence-corrected chi connectivity index (χ0v) is 11.9. The summed E-state index contributed by atoms with van der Waals surface area (Å²) < 4.78 is 0. The summed E-state index contributed by atoms with van der Waals surface area (Å²) in [6, 6.07) is 0. The molecule has 0 aromatic carbocycles. The van der Waals surface area contributed by atoms with Crippen LogP contribution in [-0.4, -0.2) is 0 Å². The molecule has 15 heavy (non-hydrogen) atoms. The van der Waals surface area contributed by atoms with Crippen LogP contribution in [0, 0.1) is 5.92 Å². The van der Waals surface area contributed by atoms with Crippen LogP contribution in [0.3, 0.4) is 0 Å². The van der Waals surface area contributed by atoms with E-state index in [0.29, 0.717) is 0 Å².